The van der Waals surface area contributed by atoms with Crippen molar-refractivity contribution < 1.29 is 19.1 Å². The maximum Gasteiger partial charge on any atom is 0.323 e. The van der Waals surface area contributed by atoms with Crippen molar-refractivity contribution in [2.24, 2.45) is 5.41 Å². The van der Waals surface area contributed by atoms with Gasteiger partial charge in [-0.25, -0.2) is 0 Å². The number of ether oxygens (including phenoxy) is 2. The summed E-state index contributed by atoms with van der Waals surface area (Å²) in [5.41, 5.74) is -0.447. The highest BCUT2D eigenvalue weighted by Crippen LogP contribution is 2.31. The summed E-state index contributed by atoms with van der Waals surface area (Å²) >= 11 is 5.98. The molecule has 0 atom stereocenters. The first-order chi connectivity index (χ1) is 15.0. The number of carbonyl (C=O) groups excluding carboxylic acids is 2. The van der Waals surface area contributed by atoms with Gasteiger partial charge in [0, 0.05) is 5.02 Å². The fourth-order valence-corrected chi connectivity index (χ4v) is 3.93. The van der Waals surface area contributed by atoms with E-state index in [-0.39, 0.29) is 6.61 Å². The minimum Gasteiger partial charge on any atom is -0.465 e. The lowest BCUT2D eigenvalue weighted by Crippen LogP contribution is -2.41. The average Bonchev–Trinajstić information content (AvgIpc) is 2.77. The number of carbonyl (C=O) groups is 2. The van der Waals surface area contributed by atoms with Gasteiger partial charge in [0.05, 0.1) is 6.61 Å². The van der Waals surface area contributed by atoms with Crippen LogP contribution in [-0.4, -0.2) is 18.5 Å². The van der Waals surface area contributed by atoms with E-state index in [9.17, 15) is 9.59 Å². The first-order valence-corrected chi connectivity index (χ1v) is 12.5. The van der Waals surface area contributed by atoms with E-state index in [1.54, 1.807) is 18.2 Å². The zero-order chi connectivity index (χ0) is 23.0. The Hall–Kier alpha value is -1.55. The van der Waals surface area contributed by atoms with E-state index in [0.29, 0.717) is 24.5 Å². The Kier molecular flexibility index (Phi) is 14.3. The summed E-state index contributed by atoms with van der Waals surface area (Å²) in [6.45, 7) is 6.34. The monoisotopic (exact) mass is 452 g/mol. The molecule has 0 aliphatic rings. The Balaban J connectivity index is 2.33. The first kappa shape index (κ1) is 27.5. The lowest BCUT2D eigenvalue weighted by atomic mass is 9.82. The molecule has 1 rings (SSSR count). The molecule has 31 heavy (non-hydrogen) atoms. The fraction of sp³-hybridized carbons (Fsp3) is 0.692. The van der Waals surface area contributed by atoms with Gasteiger partial charge in [0.1, 0.15) is 6.61 Å². The Labute approximate surface area is 194 Å². The highest BCUT2D eigenvalue weighted by molar-refractivity contribution is 6.30. The number of benzene rings is 1. The van der Waals surface area contributed by atoms with Crippen molar-refractivity contribution in [1.82, 2.24) is 0 Å². The molecule has 1 aromatic carbocycles. The predicted molar refractivity (Wildman–Crippen MR) is 127 cm³/mol. The van der Waals surface area contributed by atoms with Crippen molar-refractivity contribution >= 4 is 23.5 Å². The quantitative estimate of drug-likeness (QED) is 0.138. The number of rotatable bonds is 17. The highest BCUT2D eigenvalue weighted by atomic mass is 35.5. The highest BCUT2D eigenvalue weighted by Gasteiger charge is 2.45. The molecule has 0 radical (unpaired) electrons. The second-order valence-electron chi connectivity index (χ2n) is 8.31. The van der Waals surface area contributed by atoms with Gasteiger partial charge in [-0.15, -0.1) is 0 Å². The van der Waals surface area contributed by atoms with Crippen LogP contribution in [0.25, 0.3) is 0 Å². The largest absolute Gasteiger partial charge is 0.465 e. The molecule has 0 heterocycles. The third-order valence-corrected chi connectivity index (χ3v) is 6.21. The Bertz CT molecular complexity index is 640. The van der Waals surface area contributed by atoms with Crippen LogP contribution in [-0.2, 0) is 25.7 Å². The zero-order valence-corrected chi connectivity index (χ0v) is 20.5. The summed E-state index contributed by atoms with van der Waals surface area (Å²) in [5, 5.41) is 0.585. The normalized spacial score (nSPS) is 11.4. The number of esters is 2. The topological polar surface area (TPSA) is 52.6 Å². The lowest BCUT2D eigenvalue weighted by molar-refractivity contribution is -0.174. The van der Waals surface area contributed by atoms with E-state index in [4.69, 9.17) is 21.1 Å². The van der Waals surface area contributed by atoms with Crippen LogP contribution in [0, 0.1) is 5.41 Å². The van der Waals surface area contributed by atoms with Gasteiger partial charge in [0.25, 0.3) is 0 Å². The molecule has 176 valence electrons. The van der Waals surface area contributed by atoms with Gasteiger partial charge >= 0.3 is 11.9 Å². The number of halogens is 1. The second-order valence-corrected chi connectivity index (χ2v) is 8.75. The van der Waals surface area contributed by atoms with Crippen molar-refractivity contribution in [2.75, 3.05) is 6.61 Å². The summed E-state index contributed by atoms with van der Waals surface area (Å²) in [6.07, 6.45) is 12.9. The van der Waals surface area contributed by atoms with Gasteiger partial charge in [-0.05, 0) is 37.0 Å². The molecule has 0 bridgehead atoms. The molecule has 0 N–H and O–H groups in total. The summed E-state index contributed by atoms with van der Waals surface area (Å²) in [6, 6.07) is 7.15. The Morgan fingerprint density at radius 2 is 1.35 bits per heavy atom. The van der Waals surface area contributed by atoms with E-state index >= 15 is 0 Å². The van der Waals surface area contributed by atoms with Crippen LogP contribution in [0.1, 0.15) is 103 Å². The molecule has 1 aromatic rings. The molecule has 0 spiro atoms. The van der Waals surface area contributed by atoms with Gasteiger partial charge in [0.2, 0.25) is 0 Å². The second kappa shape index (κ2) is 16.1. The molecule has 0 aliphatic carbocycles. The summed E-state index contributed by atoms with van der Waals surface area (Å²) in [4.78, 5) is 25.5. The van der Waals surface area contributed by atoms with Crippen LogP contribution in [0.5, 0.6) is 0 Å². The van der Waals surface area contributed by atoms with Crippen molar-refractivity contribution in [1.29, 1.82) is 0 Å². The molecule has 5 heteroatoms. The minimum absolute atomic E-state index is 0.0901. The molecular formula is C26H41ClO4. The van der Waals surface area contributed by atoms with Crippen LogP contribution in [0.3, 0.4) is 0 Å². The summed E-state index contributed by atoms with van der Waals surface area (Å²) in [7, 11) is 0. The van der Waals surface area contributed by atoms with Crippen molar-refractivity contribution in [3.63, 3.8) is 0 Å². The van der Waals surface area contributed by atoms with Gasteiger partial charge < -0.3 is 9.47 Å². The van der Waals surface area contributed by atoms with Crippen molar-refractivity contribution in [2.45, 2.75) is 104 Å². The van der Waals surface area contributed by atoms with Crippen LogP contribution < -0.4 is 0 Å². The van der Waals surface area contributed by atoms with E-state index in [0.717, 1.165) is 18.4 Å². The van der Waals surface area contributed by atoms with E-state index in [1.807, 2.05) is 19.9 Å². The standard InChI is InChI=1S/C26H41ClO4/c1-4-7-8-9-10-11-12-13-14-15-19-30-24(28)26(5-2,6-3)25(29)31-21-22-17-16-18-23(27)20-22/h16-18,20H,4-15,19,21H2,1-3H3. The van der Waals surface area contributed by atoms with Crippen LogP contribution in [0.2, 0.25) is 5.02 Å². The molecule has 0 saturated heterocycles. The third kappa shape index (κ3) is 10.1. The van der Waals surface area contributed by atoms with Gasteiger partial charge in [-0.3, -0.25) is 9.59 Å². The fourth-order valence-electron chi connectivity index (χ4n) is 3.72. The number of hydrogen-bond acceptors (Lipinski definition) is 4. The third-order valence-electron chi connectivity index (χ3n) is 5.98. The van der Waals surface area contributed by atoms with Crippen LogP contribution in [0.4, 0.5) is 0 Å². The van der Waals surface area contributed by atoms with E-state index in [1.165, 1.54) is 51.4 Å². The van der Waals surface area contributed by atoms with Gasteiger partial charge in [0.15, 0.2) is 5.41 Å². The molecule has 0 aliphatic heterocycles. The molecule has 4 nitrogen and oxygen atoms in total. The van der Waals surface area contributed by atoms with Gasteiger partial charge in [-0.1, -0.05) is 102 Å². The summed E-state index contributed by atoms with van der Waals surface area (Å²) in [5.74, 6) is -0.991. The predicted octanol–water partition coefficient (Wildman–Crippen LogP) is 7.65. The minimum atomic E-state index is -1.24. The SMILES string of the molecule is CCCCCCCCCCCCOC(=O)C(CC)(CC)C(=O)OCc1cccc(Cl)c1. The molecule has 0 amide bonds. The van der Waals surface area contributed by atoms with E-state index in [2.05, 4.69) is 6.92 Å². The number of unbranched alkanes of at least 4 members (excludes halogenated alkanes) is 9. The van der Waals surface area contributed by atoms with E-state index < -0.39 is 17.4 Å². The smallest absolute Gasteiger partial charge is 0.323 e. The molecular weight excluding hydrogens is 412 g/mol. The van der Waals surface area contributed by atoms with Crippen LogP contribution >= 0.6 is 11.6 Å². The molecule has 0 unspecified atom stereocenters. The summed E-state index contributed by atoms with van der Waals surface area (Å²) < 4.78 is 11.0. The van der Waals surface area contributed by atoms with Crippen molar-refractivity contribution in [3.05, 3.63) is 34.9 Å². The molecule has 0 fully saturated rings. The molecule has 0 aromatic heterocycles. The zero-order valence-electron chi connectivity index (χ0n) is 19.7. The Morgan fingerprint density at radius 3 is 1.90 bits per heavy atom. The average molecular weight is 453 g/mol. The van der Waals surface area contributed by atoms with Crippen LogP contribution in [0.15, 0.2) is 24.3 Å². The van der Waals surface area contributed by atoms with Crippen molar-refractivity contribution in [3.8, 4) is 0 Å². The molecule has 0 saturated carbocycles. The Morgan fingerprint density at radius 1 is 0.806 bits per heavy atom. The number of hydrogen-bond donors (Lipinski definition) is 0. The van der Waals surface area contributed by atoms with Gasteiger partial charge in [-0.2, -0.15) is 0 Å². The lowest BCUT2D eigenvalue weighted by Gasteiger charge is -2.27. The first-order valence-electron chi connectivity index (χ1n) is 12.1. The maximum atomic E-state index is 12.8. The maximum absolute atomic E-state index is 12.8.